The average molecular weight is 256 g/mol. The van der Waals surface area contributed by atoms with Gasteiger partial charge >= 0.3 is 0 Å². The molecule has 1 N–H and O–H groups in total. The lowest BCUT2D eigenvalue weighted by Crippen LogP contribution is -2.58. The molecule has 1 rings (SSSR count). The van der Waals surface area contributed by atoms with E-state index in [1.165, 1.54) is 4.90 Å². The predicted octanol–water partition coefficient (Wildman–Crippen LogP) is 0.786. The fraction of sp³-hybridized carbons (Fsp3) is 0.846. The number of imide groups is 1. The van der Waals surface area contributed by atoms with Gasteiger partial charge in [-0.25, -0.2) is 0 Å². The highest BCUT2D eigenvalue weighted by Gasteiger charge is 2.32. The van der Waals surface area contributed by atoms with Crippen LogP contribution < -0.4 is 5.32 Å². The number of hydrogen-bond acceptors (Lipinski definition) is 4. The van der Waals surface area contributed by atoms with Crippen molar-refractivity contribution in [3.05, 3.63) is 0 Å². The average Bonchev–Trinajstić information content (AvgIpc) is 2.32. The van der Waals surface area contributed by atoms with Crippen LogP contribution in [-0.4, -0.2) is 49.1 Å². The molecule has 0 radical (unpaired) electrons. The molecular formula is C13H24N2O3. The Bertz CT molecular complexity index is 292. The number of carbonyl (C=O) groups is 2. The molecule has 0 aliphatic carbocycles. The van der Waals surface area contributed by atoms with Crippen LogP contribution in [0, 0.1) is 5.92 Å². The van der Waals surface area contributed by atoms with Gasteiger partial charge in [0.2, 0.25) is 11.8 Å². The van der Waals surface area contributed by atoms with Crippen LogP contribution in [0.4, 0.5) is 0 Å². The van der Waals surface area contributed by atoms with Crippen molar-refractivity contribution >= 4 is 11.8 Å². The van der Waals surface area contributed by atoms with E-state index in [0.717, 1.165) is 6.42 Å². The molecule has 2 amide bonds. The van der Waals surface area contributed by atoms with Gasteiger partial charge in [0, 0.05) is 6.61 Å². The van der Waals surface area contributed by atoms with Gasteiger partial charge in [-0.1, -0.05) is 20.8 Å². The SMILES string of the molecule is CCC1NCC(=O)N(CCOCCC(C)C)C1=O. The fourth-order valence-electron chi connectivity index (χ4n) is 1.84. The Morgan fingerprint density at radius 3 is 2.72 bits per heavy atom. The van der Waals surface area contributed by atoms with Gasteiger partial charge in [0.15, 0.2) is 0 Å². The van der Waals surface area contributed by atoms with Gasteiger partial charge in [-0.3, -0.25) is 19.8 Å². The van der Waals surface area contributed by atoms with Crippen molar-refractivity contribution in [1.82, 2.24) is 10.2 Å². The van der Waals surface area contributed by atoms with Gasteiger partial charge in [0.25, 0.3) is 0 Å². The molecular weight excluding hydrogens is 232 g/mol. The van der Waals surface area contributed by atoms with E-state index in [0.29, 0.717) is 32.1 Å². The summed E-state index contributed by atoms with van der Waals surface area (Å²) in [5.41, 5.74) is 0. The van der Waals surface area contributed by atoms with Gasteiger partial charge in [0.1, 0.15) is 0 Å². The summed E-state index contributed by atoms with van der Waals surface area (Å²) >= 11 is 0. The molecule has 1 heterocycles. The molecule has 0 aromatic heterocycles. The second-order valence-electron chi connectivity index (χ2n) is 5.02. The number of ether oxygens (including phenoxy) is 1. The summed E-state index contributed by atoms with van der Waals surface area (Å²) in [4.78, 5) is 24.9. The van der Waals surface area contributed by atoms with Crippen molar-refractivity contribution in [2.45, 2.75) is 39.7 Å². The summed E-state index contributed by atoms with van der Waals surface area (Å²) in [6, 6.07) is -0.224. The van der Waals surface area contributed by atoms with Crippen molar-refractivity contribution in [2.24, 2.45) is 5.92 Å². The lowest BCUT2D eigenvalue weighted by molar-refractivity contribution is -0.150. The fourth-order valence-corrected chi connectivity index (χ4v) is 1.84. The molecule has 0 aromatic rings. The lowest BCUT2D eigenvalue weighted by Gasteiger charge is -2.30. The Kier molecular flexibility index (Phi) is 6.29. The first-order valence-electron chi connectivity index (χ1n) is 6.71. The number of rotatable bonds is 7. The van der Waals surface area contributed by atoms with E-state index in [2.05, 4.69) is 19.2 Å². The summed E-state index contributed by atoms with van der Waals surface area (Å²) in [7, 11) is 0. The quantitative estimate of drug-likeness (QED) is 0.540. The van der Waals surface area contributed by atoms with Crippen LogP contribution in [0.5, 0.6) is 0 Å². The Hall–Kier alpha value is -0.940. The second-order valence-corrected chi connectivity index (χ2v) is 5.02. The third-order valence-corrected chi connectivity index (χ3v) is 3.07. The summed E-state index contributed by atoms with van der Waals surface area (Å²) in [6.45, 7) is 7.94. The van der Waals surface area contributed by atoms with Crippen LogP contribution in [0.1, 0.15) is 33.6 Å². The van der Waals surface area contributed by atoms with Crippen molar-refractivity contribution in [3.8, 4) is 0 Å². The minimum Gasteiger partial charge on any atom is -0.380 e. The van der Waals surface area contributed by atoms with Crippen LogP contribution in [0.15, 0.2) is 0 Å². The summed E-state index contributed by atoms with van der Waals surface area (Å²) < 4.78 is 5.45. The zero-order valence-electron chi connectivity index (χ0n) is 11.6. The highest BCUT2D eigenvalue weighted by molar-refractivity contribution is 6.01. The van der Waals surface area contributed by atoms with Crippen molar-refractivity contribution < 1.29 is 14.3 Å². The van der Waals surface area contributed by atoms with Crippen molar-refractivity contribution in [1.29, 1.82) is 0 Å². The number of hydrogen-bond donors (Lipinski definition) is 1. The smallest absolute Gasteiger partial charge is 0.246 e. The Labute approximate surface area is 109 Å². The maximum Gasteiger partial charge on any atom is 0.246 e. The number of piperazine rings is 1. The predicted molar refractivity (Wildman–Crippen MR) is 69.1 cm³/mol. The molecule has 0 saturated carbocycles. The molecule has 1 saturated heterocycles. The number of nitrogens with one attached hydrogen (secondary N) is 1. The number of amides is 2. The second kappa shape index (κ2) is 7.48. The van der Waals surface area contributed by atoms with E-state index in [9.17, 15) is 9.59 Å². The Balaban J connectivity index is 2.30. The molecule has 0 aromatic carbocycles. The van der Waals surface area contributed by atoms with Gasteiger partial charge in [-0.05, 0) is 18.8 Å². The number of carbonyl (C=O) groups excluding carboxylic acids is 2. The normalized spacial score (nSPS) is 20.9. The van der Waals surface area contributed by atoms with Crippen LogP contribution in [0.25, 0.3) is 0 Å². The molecule has 1 unspecified atom stereocenters. The molecule has 1 aliphatic rings. The number of nitrogens with zero attached hydrogens (tertiary/aromatic N) is 1. The third kappa shape index (κ3) is 4.38. The van der Waals surface area contributed by atoms with Crippen molar-refractivity contribution in [2.75, 3.05) is 26.3 Å². The lowest BCUT2D eigenvalue weighted by atomic mass is 10.1. The van der Waals surface area contributed by atoms with Crippen LogP contribution in [0.3, 0.4) is 0 Å². The molecule has 1 fully saturated rings. The van der Waals surface area contributed by atoms with E-state index < -0.39 is 0 Å². The van der Waals surface area contributed by atoms with Gasteiger partial charge < -0.3 is 4.74 Å². The Morgan fingerprint density at radius 1 is 1.39 bits per heavy atom. The molecule has 5 nitrogen and oxygen atoms in total. The molecule has 1 aliphatic heterocycles. The molecule has 1 atom stereocenters. The zero-order valence-corrected chi connectivity index (χ0v) is 11.6. The van der Waals surface area contributed by atoms with E-state index in [-0.39, 0.29) is 24.4 Å². The molecule has 18 heavy (non-hydrogen) atoms. The molecule has 5 heteroatoms. The van der Waals surface area contributed by atoms with Gasteiger partial charge in [-0.2, -0.15) is 0 Å². The van der Waals surface area contributed by atoms with E-state index in [1.807, 2.05) is 6.92 Å². The molecule has 0 spiro atoms. The van der Waals surface area contributed by atoms with E-state index in [4.69, 9.17) is 4.74 Å². The van der Waals surface area contributed by atoms with Gasteiger partial charge in [-0.15, -0.1) is 0 Å². The third-order valence-electron chi connectivity index (χ3n) is 3.07. The molecule has 0 bridgehead atoms. The van der Waals surface area contributed by atoms with Crippen molar-refractivity contribution in [3.63, 3.8) is 0 Å². The monoisotopic (exact) mass is 256 g/mol. The Morgan fingerprint density at radius 2 is 2.11 bits per heavy atom. The minimum absolute atomic E-state index is 0.124. The summed E-state index contributed by atoms with van der Waals surface area (Å²) in [5, 5.41) is 2.93. The maximum absolute atomic E-state index is 11.9. The largest absolute Gasteiger partial charge is 0.380 e. The summed E-state index contributed by atoms with van der Waals surface area (Å²) in [6.07, 6.45) is 1.71. The van der Waals surface area contributed by atoms with Crippen LogP contribution in [-0.2, 0) is 14.3 Å². The standard InChI is InChI=1S/C13H24N2O3/c1-4-11-13(17)15(12(16)9-14-11)6-8-18-7-5-10(2)3/h10-11,14H,4-9H2,1-3H3. The highest BCUT2D eigenvalue weighted by atomic mass is 16.5. The highest BCUT2D eigenvalue weighted by Crippen LogP contribution is 2.06. The first-order chi connectivity index (χ1) is 8.56. The topological polar surface area (TPSA) is 58.6 Å². The van der Waals surface area contributed by atoms with Crippen LogP contribution >= 0.6 is 0 Å². The van der Waals surface area contributed by atoms with Crippen LogP contribution in [0.2, 0.25) is 0 Å². The maximum atomic E-state index is 11.9. The summed E-state index contributed by atoms with van der Waals surface area (Å²) in [5.74, 6) is 0.329. The zero-order chi connectivity index (χ0) is 13.5. The first kappa shape index (κ1) is 15.1. The van der Waals surface area contributed by atoms with Gasteiger partial charge in [0.05, 0.1) is 25.7 Å². The van der Waals surface area contributed by atoms with E-state index in [1.54, 1.807) is 0 Å². The van der Waals surface area contributed by atoms with E-state index >= 15 is 0 Å². The minimum atomic E-state index is -0.224. The molecule has 104 valence electrons. The first-order valence-corrected chi connectivity index (χ1v) is 6.71.